The van der Waals surface area contributed by atoms with Gasteiger partial charge in [-0.05, 0) is 18.9 Å². The molecule has 18 heavy (non-hydrogen) atoms. The zero-order valence-corrected chi connectivity index (χ0v) is 10.8. The van der Waals surface area contributed by atoms with Crippen LogP contribution in [0, 0.1) is 0 Å². The summed E-state index contributed by atoms with van der Waals surface area (Å²) in [7, 11) is 0. The van der Waals surface area contributed by atoms with E-state index in [2.05, 4.69) is 13.0 Å². The van der Waals surface area contributed by atoms with Crippen molar-refractivity contribution in [1.29, 1.82) is 0 Å². The van der Waals surface area contributed by atoms with Gasteiger partial charge in [0.15, 0.2) is 0 Å². The quantitative estimate of drug-likeness (QED) is 0.829. The summed E-state index contributed by atoms with van der Waals surface area (Å²) >= 11 is 0. The molecule has 1 unspecified atom stereocenters. The molecule has 0 fully saturated rings. The molecule has 1 aromatic rings. The van der Waals surface area contributed by atoms with Crippen molar-refractivity contribution in [2.24, 2.45) is 5.73 Å². The summed E-state index contributed by atoms with van der Waals surface area (Å²) in [6.07, 6.45) is 3.54. The number of nitrogens with zero attached hydrogens (tertiary/aromatic N) is 1. The van der Waals surface area contributed by atoms with Gasteiger partial charge in [0.05, 0.1) is 0 Å². The van der Waals surface area contributed by atoms with Crippen molar-refractivity contribution in [2.75, 3.05) is 13.1 Å². The number of hydrogen-bond donors (Lipinski definition) is 1. The molecule has 0 aliphatic carbocycles. The molecule has 1 atom stereocenters. The van der Waals surface area contributed by atoms with Gasteiger partial charge < -0.3 is 10.6 Å². The van der Waals surface area contributed by atoms with Gasteiger partial charge >= 0.3 is 0 Å². The number of amides is 1. The van der Waals surface area contributed by atoms with Crippen LogP contribution in [0.4, 0.5) is 0 Å². The van der Waals surface area contributed by atoms with Crippen LogP contribution in [0.3, 0.4) is 0 Å². The molecular weight excluding hydrogens is 224 g/mol. The molecule has 3 heteroatoms. The fourth-order valence-corrected chi connectivity index (χ4v) is 2.26. The molecule has 0 bridgehead atoms. The number of nitrogens with two attached hydrogens (primary N) is 1. The molecule has 1 aliphatic heterocycles. The van der Waals surface area contributed by atoms with Crippen LogP contribution in [-0.2, 0) is 4.79 Å². The van der Waals surface area contributed by atoms with E-state index in [4.69, 9.17) is 5.73 Å². The van der Waals surface area contributed by atoms with Gasteiger partial charge in [-0.15, -0.1) is 0 Å². The Hall–Kier alpha value is -1.61. The van der Waals surface area contributed by atoms with Gasteiger partial charge in [0.25, 0.3) is 0 Å². The Morgan fingerprint density at radius 1 is 1.39 bits per heavy atom. The van der Waals surface area contributed by atoms with Crippen molar-refractivity contribution >= 4 is 5.91 Å². The SMILES string of the molecule is CC1=CCCN(C(=O)CC(N)c2ccccc2)C1. The number of carbonyl (C=O) groups is 1. The maximum absolute atomic E-state index is 12.1. The fraction of sp³-hybridized carbons (Fsp3) is 0.400. The predicted molar refractivity (Wildman–Crippen MR) is 72.9 cm³/mol. The number of carbonyl (C=O) groups excluding carboxylic acids is 1. The number of benzene rings is 1. The summed E-state index contributed by atoms with van der Waals surface area (Å²) in [4.78, 5) is 14.0. The minimum absolute atomic E-state index is 0.152. The molecule has 0 radical (unpaired) electrons. The minimum Gasteiger partial charge on any atom is -0.338 e. The molecule has 0 saturated carbocycles. The molecule has 2 N–H and O–H groups in total. The first-order chi connectivity index (χ1) is 8.66. The lowest BCUT2D eigenvalue weighted by Gasteiger charge is -2.27. The second-order valence-electron chi connectivity index (χ2n) is 4.88. The molecule has 0 aromatic heterocycles. The third-order valence-electron chi connectivity index (χ3n) is 3.31. The van der Waals surface area contributed by atoms with Gasteiger partial charge in [-0.2, -0.15) is 0 Å². The van der Waals surface area contributed by atoms with Crippen molar-refractivity contribution < 1.29 is 4.79 Å². The smallest absolute Gasteiger partial charge is 0.224 e. The first kappa shape index (κ1) is 12.8. The highest BCUT2D eigenvalue weighted by Gasteiger charge is 2.19. The lowest BCUT2D eigenvalue weighted by atomic mass is 10.0. The monoisotopic (exact) mass is 244 g/mol. The highest BCUT2D eigenvalue weighted by Crippen LogP contribution is 2.17. The Bertz CT molecular complexity index is 439. The lowest BCUT2D eigenvalue weighted by Crippen LogP contribution is -2.37. The van der Waals surface area contributed by atoms with Crippen molar-refractivity contribution in [1.82, 2.24) is 4.90 Å². The van der Waals surface area contributed by atoms with E-state index in [0.717, 1.165) is 25.1 Å². The summed E-state index contributed by atoms with van der Waals surface area (Å²) in [5.41, 5.74) is 8.36. The van der Waals surface area contributed by atoms with E-state index in [1.165, 1.54) is 5.57 Å². The van der Waals surface area contributed by atoms with E-state index in [1.54, 1.807) is 0 Å². The molecule has 0 spiro atoms. The van der Waals surface area contributed by atoms with Gasteiger partial charge in [0.1, 0.15) is 0 Å². The van der Waals surface area contributed by atoms with Crippen LogP contribution in [0.25, 0.3) is 0 Å². The highest BCUT2D eigenvalue weighted by molar-refractivity contribution is 5.77. The van der Waals surface area contributed by atoms with Gasteiger partial charge in [0, 0.05) is 25.6 Å². The first-order valence-corrected chi connectivity index (χ1v) is 6.41. The highest BCUT2D eigenvalue weighted by atomic mass is 16.2. The molecule has 2 rings (SSSR count). The van der Waals surface area contributed by atoms with Crippen molar-refractivity contribution in [3.05, 3.63) is 47.5 Å². The largest absolute Gasteiger partial charge is 0.338 e. The van der Waals surface area contributed by atoms with Crippen molar-refractivity contribution in [3.63, 3.8) is 0 Å². The Morgan fingerprint density at radius 2 is 2.11 bits per heavy atom. The van der Waals surface area contributed by atoms with Crippen molar-refractivity contribution in [3.8, 4) is 0 Å². The van der Waals surface area contributed by atoms with E-state index in [-0.39, 0.29) is 11.9 Å². The zero-order chi connectivity index (χ0) is 13.0. The molecule has 1 aromatic carbocycles. The van der Waals surface area contributed by atoms with Crippen LogP contribution in [0.2, 0.25) is 0 Å². The molecule has 3 nitrogen and oxygen atoms in total. The predicted octanol–water partition coefficient (Wildman–Crippen LogP) is 2.26. The van der Waals surface area contributed by atoms with Crippen LogP contribution in [-0.4, -0.2) is 23.9 Å². The van der Waals surface area contributed by atoms with Crippen LogP contribution >= 0.6 is 0 Å². The minimum atomic E-state index is -0.204. The molecular formula is C15H20N2O. The van der Waals surface area contributed by atoms with E-state index >= 15 is 0 Å². The van der Waals surface area contributed by atoms with Crippen LogP contribution in [0.1, 0.15) is 31.4 Å². The van der Waals surface area contributed by atoms with E-state index in [0.29, 0.717) is 6.42 Å². The second-order valence-corrected chi connectivity index (χ2v) is 4.88. The van der Waals surface area contributed by atoms with Gasteiger partial charge in [-0.3, -0.25) is 4.79 Å². The third-order valence-corrected chi connectivity index (χ3v) is 3.31. The Kier molecular flexibility index (Phi) is 4.15. The Morgan fingerprint density at radius 3 is 2.78 bits per heavy atom. The van der Waals surface area contributed by atoms with Gasteiger partial charge in [0.2, 0.25) is 5.91 Å². The van der Waals surface area contributed by atoms with Gasteiger partial charge in [-0.25, -0.2) is 0 Å². The lowest BCUT2D eigenvalue weighted by molar-refractivity contribution is -0.131. The average molecular weight is 244 g/mol. The summed E-state index contributed by atoms with van der Waals surface area (Å²) in [6.45, 7) is 3.63. The summed E-state index contributed by atoms with van der Waals surface area (Å²) in [5.74, 6) is 0.152. The fourth-order valence-electron chi connectivity index (χ4n) is 2.26. The number of rotatable bonds is 3. The third kappa shape index (κ3) is 3.20. The maximum atomic E-state index is 12.1. The van der Waals surface area contributed by atoms with Crippen LogP contribution in [0.15, 0.2) is 42.0 Å². The molecule has 0 saturated heterocycles. The summed E-state index contributed by atoms with van der Waals surface area (Å²) < 4.78 is 0. The Balaban J connectivity index is 1.93. The van der Waals surface area contributed by atoms with E-state index in [1.807, 2.05) is 35.2 Å². The number of hydrogen-bond acceptors (Lipinski definition) is 2. The topological polar surface area (TPSA) is 46.3 Å². The van der Waals surface area contributed by atoms with Gasteiger partial charge in [-0.1, -0.05) is 42.0 Å². The molecule has 1 aliphatic rings. The standard InChI is InChI=1S/C15H20N2O/c1-12-6-5-9-17(11-12)15(18)10-14(16)13-7-3-2-4-8-13/h2-4,6-8,14H,5,9-11,16H2,1H3. The van der Waals surface area contributed by atoms with Crippen molar-refractivity contribution in [2.45, 2.75) is 25.8 Å². The van der Waals surface area contributed by atoms with Crippen LogP contribution < -0.4 is 5.73 Å². The average Bonchev–Trinajstić information content (AvgIpc) is 2.39. The molecule has 96 valence electrons. The normalized spacial score (nSPS) is 17.2. The zero-order valence-electron chi connectivity index (χ0n) is 10.8. The maximum Gasteiger partial charge on any atom is 0.224 e. The van der Waals surface area contributed by atoms with E-state index in [9.17, 15) is 4.79 Å². The molecule has 1 heterocycles. The van der Waals surface area contributed by atoms with E-state index < -0.39 is 0 Å². The Labute approximate surface area is 108 Å². The summed E-state index contributed by atoms with van der Waals surface area (Å²) in [5, 5.41) is 0. The van der Waals surface area contributed by atoms with Crippen LogP contribution in [0.5, 0.6) is 0 Å². The summed E-state index contributed by atoms with van der Waals surface area (Å²) in [6, 6.07) is 9.60. The second kappa shape index (κ2) is 5.83. The molecule has 1 amide bonds. The first-order valence-electron chi connectivity index (χ1n) is 6.41.